The monoisotopic (exact) mass is 1000 g/mol. The van der Waals surface area contributed by atoms with Crippen molar-refractivity contribution < 1.29 is 99.7 Å². The number of fused-ring (bicyclic) bond motifs is 4. The van der Waals surface area contributed by atoms with E-state index in [4.69, 9.17) is 86.3 Å². The molecule has 0 bridgehead atoms. The molecule has 0 aliphatic carbocycles. The predicted octanol–water partition coefficient (Wildman–Crippen LogP) is -0.933. The zero-order chi connectivity index (χ0) is 50.8. The van der Waals surface area contributed by atoms with Crippen LogP contribution in [-0.4, -0.2) is 205 Å². The molecule has 8 fully saturated rings. The summed E-state index contributed by atoms with van der Waals surface area (Å²) in [4.78, 5) is 56.0. The third-order valence-corrected chi connectivity index (χ3v) is 13.7. The molecule has 8 saturated heterocycles. The largest absolute Gasteiger partial charge is 0.469 e. The first kappa shape index (κ1) is 53.5. The highest BCUT2D eigenvalue weighted by molar-refractivity contribution is 5.82. The quantitative estimate of drug-likeness (QED) is 0.114. The van der Waals surface area contributed by atoms with Crippen molar-refractivity contribution in [2.24, 2.45) is 5.73 Å². The molecule has 20 atom stereocenters. The SMILES string of the molecule is COC(=O)CC(NC(=O)CC(NC(=O)CC(NC(=O)CC(N)[C@H]1O[C@@H]2OC(C)(C)O[C@@H]2[C@H]1OC)[C@@H]1O[C@@H]2OC(C)(C)O[C@@H]2[C@H]1OC)[C@H]1O[C@@H]2OC(C)(C)O[C@@H]2[C@H]1OC)[C@@H]1O[C@@H]2OC(C)(C)O[C@@H]2[C@H]1OC. The molecule has 25 heteroatoms. The number of hydrogen-bond donors (Lipinski definition) is 4. The van der Waals surface area contributed by atoms with Gasteiger partial charge in [0.15, 0.2) is 48.3 Å². The molecule has 5 N–H and O–H groups in total. The normalized spacial score (nSPS) is 40.9. The van der Waals surface area contributed by atoms with Crippen LogP contribution in [0.1, 0.15) is 81.1 Å². The first-order chi connectivity index (χ1) is 32.9. The second-order valence-electron chi connectivity index (χ2n) is 20.7. The van der Waals surface area contributed by atoms with Crippen molar-refractivity contribution in [3.8, 4) is 0 Å². The number of hydrogen-bond acceptors (Lipinski definition) is 22. The lowest BCUT2D eigenvalue weighted by molar-refractivity contribution is -0.221. The minimum absolute atomic E-state index is 0.269. The Morgan fingerprint density at radius 3 is 1.00 bits per heavy atom. The van der Waals surface area contributed by atoms with Gasteiger partial charge >= 0.3 is 5.97 Å². The van der Waals surface area contributed by atoms with Crippen molar-refractivity contribution in [3.63, 3.8) is 0 Å². The van der Waals surface area contributed by atoms with Gasteiger partial charge in [-0.1, -0.05) is 0 Å². The summed E-state index contributed by atoms with van der Waals surface area (Å²) in [6, 6.07) is -4.14. The van der Waals surface area contributed by atoms with E-state index >= 15 is 0 Å². The minimum atomic E-state index is -1.13. The number of nitrogens with two attached hydrogens (primary N) is 1. The van der Waals surface area contributed by atoms with E-state index in [2.05, 4.69) is 16.0 Å². The summed E-state index contributed by atoms with van der Waals surface area (Å²) >= 11 is 0. The molecule has 0 saturated carbocycles. The van der Waals surface area contributed by atoms with Gasteiger partial charge in [0.1, 0.15) is 73.2 Å². The van der Waals surface area contributed by atoms with Crippen LogP contribution in [0.2, 0.25) is 0 Å². The Balaban J connectivity index is 1.02. The van der Waals surface area contributed by atoms with Crippen LogP contribution >= 0.6 is 0 Å². The lowest BCUT2D eigenvalue weighted by Gasteiger charge is -2.34. The average Bonchev–Trinajstić information content (AvgIpc) is 4.13. The van der Waals surface area contributed by atoms with Gasteiger partial charge in [-0.15, -0.1) is 0 Å². The number of carbonyl (C=O) groups is 4. The minimum Gasteiger partial charge on any atom is -0.469 e. The molecule has 8 heterocycles. The van der Waals surface area contributed by atoms with Crippen molar-refractivity contribution in [1.82, 2.24) is 16.0 Å². The van der Waals surface area contributed by atoms with E-state index in [1.54, 1.807) is 55.4 Å². The number of esters is 1. The average molecular weight is 1010 g/mol. The van der Waals surface area contributed by atoms with E-state index in [9.17, 15) is 19.2 Å². The number of amides is 3. The molecule has 8 aliphatic heterocycles. The first-order valence-electron chi connectivity index (χ1n) is 23.7. The van der Waals surface area contributed by atoms with Gasteiger partial charge in [0.25, 0.3) is 0 Å². The number of methoxy groups -OCH3 is 5. The van der Waals surface area contributed by atoms with Crippen molar-refractivity contribution >= 4 is 23.7 Å². The van der Waals surface area contributed by atoms with Crippen LogP contribution in [0.3, 0.4) is 0 Å². The highest BCUT2D eigenvalue weighted by Crippen LogP contribution is 2.44. The molecule has 8 aliphatic rings. The van der Waals surface area contributed by atoms with Crippen LogP contribution in [0.5, 0.6) is 0 Å². The molecular weight excluding hydrogens is 933 g/mol. The van der Waals surface area contributed by atoms with Crippen LogP contribution in [0.15, 0.2) is 0 Å². The van der Waals surface area contributed by atoms with E-state index < -0.39 is 182 Å². The molecule has 25 nitrogen and oxygen atoms in total. The molecule has 398 valence electrons. The standard InChI is InChI=1S/C45H72N4O21/c1-42(2)63-34-30(55-10)26(59-38(34)67-42)18(46)14-22(50)47-19(27-31(56-11)35-39(60-27)68-43(3,4)64-35)15-23(51)48-20(28-32(57-12)36-40(61-28)69-44(5,6)65-36)16-24(52)49-21(17-25(53)54-9)29-33(58-13)37-41(62-29)70-45(7,8)66-37/h18-21,26-41H,14-17,46H2,1-13H3,(H,47,50)(H,48,51)(H,49,52)/t18?,19?,20?,21?,26-,27+,28-,29+,30+,31+,32+,33+,34-,35-,36-,37-,38-,39-,40-,41-/m1/s1. The lowest BCUT2D eigenvalue weighted by atomic mass is 9.96. The Bertz CT molecular complexity index is 1910. The molecule has 3 amide bonds. The summed E-state index contributed by atoms with van der Waals surface area (Å²) in [6.07, 6.45) is -14.3. The maximum Gasteiger partial charge on any atom is 0.307 e. The molecule has 0 radical (unpaired) electrons. The van der Waals surface area contributed by atoms with Gasteiger partial charge in [-0.25, -0.2) is 0 Å². The Kier molecular flexibility index (Phi) is 15.7. The summed E-state index contributed by atoms with van der Waals surface area (Å²) in [6.45, 7) is 13.9. The van der Waals surface area contributed by atoms with Gasteiger partial charge in [-0.3, -0.25) is 19.2 Å². The predicted molar refractivity (Wildman–Crippen MR) is 232 cm³/mol. The second kappa shape index (κ2) is 20.5. The maximum atomic E-state index is 14.6. The molecule has 0 aromatic carbocycles. The zero-order valence-electron chi connectivity index (χ0n) is 42.0. The van der Waals surface area contributed by atoms with Crippen molar-refractivity contribution in [2.75, 3.05) is 35.5 Å². The molecule has 0 spiro atoms. The van der Waals surface area contributed by atoms with Gasteiger partial charge < -0.3 is 102 Å². The van der Waals surface area contributed by atoms with E-state index in [0.29, 0.717) is 0 Å². The number of rotatable bonds is 19. The zero-order valence-corrected chi connectivity index (χ0v) is 42.0. The van der Waals surface area contributed by atoms with E-state index in [-0.39, 0.29) is 12.8 Å². The van der Waals surface area contributed by atoms with Crippen molar-refractivity contribution in [2.45, 2.75) is 227 Å². The van der Waals surface area contributed by atoms with Gasteiger partial charge in [-0.2, -0.15) is 0 Å². The number of ether oxygens (including phenoxy) is 17. The van der Waals surface area contributed by atoms with Crippen molar-refractivity contribution in [3.05, 3.63) is 0 Å². The molecule has 0 aromatic heterocycles. The first-order valence-corrected chi connectivity index (χ1v) is 23.7. The van der Waals surface area contributed by atoms with Crippen molar-refractivity contribution in [1.29, 1.82) is 0 Å². The van der Waals surface area contributed by atoms with E-state index in [0.717, 1.165) is 0 Å². The maximum absolute atomic E-state index is 14.6. The van der Waals surface area contributed by atoms with E-state index in [1.807, 2.05) is 0 Å². The molecule has 0 aromatic rings. The second-order valence-corrected chi connectivity index (χ2v) is 20.7. The van der Waals surface area contributed by atoms with Gasteiger partial charge in [-0.05, 0) is 55.4 Å². The lowest BCUT2D eigenvalue weighted by Crippen LogP contribution is -2.57. The fraction of sp³-hybridized carbons (Fsp3) is 0.911. The highest BCUT2D eigenvalue weighted by atomic mass is 16.9. The molecule has 4 unspecified atom stereocenters. The Morgan fingerprint density at radius 2 is 0.700 bits per heavy atom. The molecule has 8 rings (SSSR count). The van der Waals surface area contributed by atoms with E-state index in [1.165, 1.54) is 35.5 Å². The van der Waals surface area contributed by atoms with Crippen LogP contribution in [0.4, 0.5) is 0 Å². The smallest absolute Gasteiger partial charge is 0.307 e. The Morgan fingerprint density at radius 1 is 0.429 bits per heavy atom. The molecule has 70 heavy (non-hydrogen) atoms. The third-order valence-electron chi connectivity index (χ3n) is 13.7. The summed E-state index contributed by atoms with van der Waals surface area (Å²) in [7, 11) is 7.10. The fourth-order valence-electron chi connectivity index (χ4n) is 10.9. The number of nitrogens with one attached hydrogen (secondary N) is 3. The van der Waals surface area contributed by atoms with Gasteiger partial charge in [0.2, 0.25) is 17.7 Å². The van der Waals surface area contributed by atoms with Gasteiger partial charge in [0.05, 0.1) is 31.7 Å². The van der Waals surface area contributed by atoms with Crippen LogP contribution < -0.4 is 21.7 Å². The summed E-state index contributed by atoms with van der Waals surface area (Å²) in [5.74, 6) is -6.35. The topological polar surface area (TPSA) is 287 Å². The summed E-state index contributed by atoms with van der Waals surface area (Å²) in [5.41, 5.74) is 6.64. The summed E-state index contributed by atoms with van der Waals surface area (Å²) < 4.78 is 102. The molecular formula is C45H72N4O21. The summed E-state index contributed by atoms with van der Waals surface area (Å²) in [5, 5.41) is 8.83. The Labute approximate surface area is 406 Å². The van der Waals surface area contributed by atoms with Crippen LogP contribution in [-0.2, 0) is 99.7 Å². The van der Waals surface area contributed by atoms with Crippen LogP contribution in [0, 0.1) is 0 Å². The number of carbonyl (C=O) groups excluding carboxylic acids is 4. The third kappa shape index (κ3) is 11.2. The van der Waals surface area contributed by atoms with Crippen LogP contribution in [0.25, 0.3) is 0 Å². The Hall–Kier alpha value is -2.80. The fourth-order valence-corrected chi connectivity index (χ4v) is 10.9. The van der Waals surface area contributed by atoms with Gasteiger partial charge in [0, 0.05) is 53.7 Å². The highest BCUT2D eigenvalue weighted by Gasteiger charge is 2.61.